The quantitative estimate of drug-likeness (QED) is 0.355. The molecule has 0 saturated heterocycles. The fraction of sp³-hybridized carbons (Fsp3) is 0.278. The molecule has 6 nitrogen and oxygen atoms in total. The van der Waals surface area contributed by atoms with Crippen molar-refractivity contribution in [1.29, 1.82) is 0 Å². The zero-order valence-electron chi connectivity index (χ0n) is 14.8. The number of nitrogens with one attached hydrogen (secondary N) is 1. The summed E-state index contributed by atoms with van der Waals surface area (Å²) >= 11 is 0. The highest BCUT2D eigenvalue weighted by atomic mass is 127. The Bertz CT molecular complexity index is 854. The van der Waals surface area contributed by atoms with Crippen molar-refractivity contribution in [3.63, 3.8) is 0 Å². The van der Waals surface area contributed by atoms with Crippen LogP contribution in [0.25, 0.3) is 0 Å². The van der Waals surface area contributed by atoms with Crippen molar-refractivity contribution in [2.75, 3.05) is 18.7 Å². The molecule has 0 aliphatic rings. The summed E-state index contributed by atoms with van der Waals surface area (Å²) < 4.78 is 28.3. The lowest BCUT2D eigenvalue weighted by molar-refractivity contribution is 0.185. The second-order valence-electron chi connectivity index (χ2n) is 5.76. The SMILES string of the molecule is COCc1ccccc1NC(N)=NCc1ccccc1CS(C)(=O)=O.I. The Hall–Kier alpha value is -1.65. The first-order chi connectivity index (χ1) is 11.9. The molecule has 0 fully saturated rings. The van der Waals surface area contributed by atoms with E-state index in [-0.39, 0.29) is 35.7 Å². The molecule has 8 heteroatoms. The van der Waals surface area contributed by atoms with Crippen LogP contribution in [0.3, 0.4) is 0 Å². The number of aliphatic imine (C=N–C) groups is 1. The number of para-hydroxylation sites is 1. The summed E-state index contributed by atoms with van der Waals surface area (Å²) in [5.74, 6) is 0.251. The molecule has 3 N–H and O–H groups in total. The number of sulfone groups is 1. The average Bonchev–Trinajstić information content (AvgIpc) is 2.55. The van der Waals surface area contributed by atoms with E-state index in [4.69, 9.17) is 10.5 Å². The second kappa shape index (κ2) is 10.5. The molecule has 0 aliphatic heterocycles. The summed E-state index contributed by atoms with van der Waals surface area (Å²) in [6.45, 7) is 0.768. The van der Waals surface area contributed by atoms with Crippen LogP contribution in [0.4, 0.5) is 5.69 Å². The molecule has 0 atom stereocenters. The summed E-state index contributed by atoms with van der Waals surface area (Å²) in [5, 5.41) is 3.06. The standard InChI is InChI=1S/C18H23N3O3S.HI/c1-24-12-15-8-5-6-10-17(15)21-18(19)20-11-14-7-3-4-9-16(14)13-25(2,22)23;/h3-10H,11-13H2,1-2H3,(H3,19,20,21);1H. The zero-order chi connectivity index (χ0) is 18.3. The number of hydrogen-bond acceptors (Lipinski definition) is 4. The Labute approximate surface area is 171 Å². The summed E-state index contributed by atoms with van der Waals surface area (Å²) in [7, 11) is -1.48. The molecule has 0 saturated carbocycles. The predicted octanol–water partition coefficient (Wildman–Crippen LogP) is 2.92. The normalized spacial score (nSPS) is 11.7. The Balaban J connectivity index is 0.00000338. The molecular formula is C18H24IN3O3S. The van der Waals surface area contributed by atoms with Gasteiger partial charge in [-0.3, -0.25) is 0 Å². The van der Waals surface area contributed by atoms with Crippen LogP contribution in [0, 0.1) is 0 Å². The number of nitrogens with zero attached hydrogens (tertiary/aromatic N) is 1. The monoisotopic (exact) mass is 489 g/mol. The third-order valence-electron chi connectivity index (χ3n) is 3.54. The molecule has 0 radical (unpaired) electrons. The first-order valence-electron chi connectivity index (χ1n) is 7.77. The number of halogens is 1. The largest absolute Gasteiger partial charge is 0.380 e. The molecule has 26 heavy (non-hydrogen) atoms. The van der Waals surface area contributed by atoms with Crippen molar-refractivity contribution in [2.45, 2.75) is 18.9 Å². The molecule has 0 aromatic heterocycles. The van der Waals surface area contributed by atoms with Crippen molar-refractivity contribution >= 4 is 45.5 Å². The highest BCUT2D eigenvalue weighted by Crippen LogP contribution is 2.16. The van der Waals surface area contributed by atoms with Crippen molar-refractivity contribution in [1.82, 2.24) is 0 Å². The minimum atomic E-state index is -3.11. The van der Waals surface area contributed by atoms with Crippen molar-refractivity contribution in [3.8, 4) is 0 Å². The number of guanidine groups is 1. The Morgan fingerprint density at radius 2 is 1.65 bits per heavy atom. The van der Waals surface area contributed by atoms with Gasteiger partial charge in [0, 0.05) is 24.6 Å². The van der Waals surface area contributed by atoms with Gasteiger partial charge in [0.05, 0.1) is 18.9 Å². The fourth-order valence-electron chi connectivity index (χ4n) is 2.41. The summed E-state index contributed by atoms with van der Waals surface area (Å²) in [4.78, 5) is 4.33. The van der Waals surface area contributed by atoms with Crippen LogP contribution in [0.2, 0.25) is 0 Å². The number of nitrogens with two attached hydrogens (primary N) is 1. The van der Waals surface area contributed by atoms with Crippen LogP contribution in [-0.4, -0.2) is 27.7 Å². The van der Waals surface area contributed by atoms with Crippen molar-refractivity contribution in [2.24, 2.45) is 10.7 Å². The maximum Gasteiger partial charge on any atom is 0.193 e. The van der Waals surface area contributed by atoms with Gasteiger partial charge in [0.2, 0.25) is 0 Å². The van der Waals surface area contributed by atoms with Crippen molar-refractivity contribution < 1.29 is 13.2 Å². The number of hydrogen-bond donors (Lipinski definition) is 2. The van der Waals surface area contributed by atoms with E-state index in [1.807, 2.05) is 42.5 Å². The molecule has 0 unspecified atom stereocenters. The number of methoxy groups -OCH3 is 1. The maximum atomic E-state index is 11.5. The van der Waals surface area contributed by atoms with Crippen LogP contribution in [0.5, 0.6) is 0 Å². The Morgan fingerprint density at radius 3 is 2.27 bits per heavy atom. The fourth-order valence-corrected chi connectivity index (χ4v) is 3.25. The van der Waals surface area contributed by atoms with Crippen molar-refractivity contribution in [3.05, 3.63) is 65.2 Å². The molecule has 2 aromatic rings. The first-order valence-corrected chi connectivity index (χ1v) is 9.83. The minimum Gasteiger partial charge on any atom is -0.380 e. The van der Waals surface area contributed by atoms with Crippen LogP contribution < -0.4 is 11.1 Å². The van der Waals surface area contributed by atoms with E-state index in [9.17, 15) is 8.42 Å². The zero-order valence-corrected chi connectivity index (χ0v) is 18.0. The van der Waals surface area contributed by atoms with Crippen LogP contribution >= 0.6 is 24.0 Å². The van der Waals surface area contributed by atoms with Gasteiger partial charge in [-0.25, -0.2) is 13.4 Å². The third kappa shape index (κ3) is 7.30. The maximum absolute atomic E-state index is 11.5. The average molecular weight is 489 g/mol. The predicted molar refractivity (Wildman–Crippen MR) is 117 cm³/mol. The topological polar surface area (TPSA) is 93.8 Å². The van der Waals surface area contributed by atoms with E-state index < -0.39 is 9.84 Å². The highest BCUT2D eigenvalue weighted by molar-refractivity contribution is 14.0. The summed E-state index contributed by atoms with van der Waals surface area (Å²) in [5.41, 5.74) is 9.35. The molecule has 0 amide bonds. The Morgan fingerprint density at radius 1 is 1.08 bits per heavy atom. The van der Waals surface area contributed by atoms with Gasteiger partial charge in [0.1, 0.15) is 0 Å². The van der Waals surface area contributed by atoms with E-state index in [1.165, 1.54) is 6.26 Å². The molecule has 142 valence electrons. The summed E-state index contributed by atoms with van der Waals surface area (Å²) in [6, 6.07) is 15.0. The van der Waals surface area contributed by atoms with E-state index in [0.29, 0.717) is 13.2 Å². The third-order valence-corrected chi connectivity index (χ3v) is 4.37. The molecule has 0 aliphatic carbocycles. The molecule has 0 heterocycles. The second-order valence-corrected chi connectivity index (χ2v) is 7.90. The number of benzene rings is 2. The lowest BCUT2D eigenvalue weighted by Gasteiger charge is -2.11. The van der Waals surface area contributed by atoms with E-state index in [1.54, 1.807) is 13.2 Å². The van der Waals surface area contributed by atoms with Gasteiger partial charge < -0.3 is 15.8 Å². The van der Waals surface area contributed by atoms with E-state index in [0.717, 1.165) is 22.4 Å². The van der Waals surface area contributed by atoms with Gasteiger partial charge in [-0.05, 0) is 17.2 Å². The molecular weight excluding hydrogens is 465 g/mol. The molecule has 2 aromatic carbocycles. The Kier molecular flexibility index (Phi) is 9.03. The lowest BCUT2D eigenvalue weighted by atomic mass is 10.1. The van der Waals surface area contributed by atoms with Gasteiger partial charge in [0.25, 0.3) is 0 Å². The van der Waals surface area contributed by atoms with Gasteiger partial charge in [-0.15, -0.1) is 24.0 Å². The highest BCUT2D eigenvalue weighted by Gasteiger charge is 2.09. The molecule has 0 bridgehead atoms. The molecule has 2 rings (SSSR count). The van der Waals surface area contributed by atoms with Gasteiger partial charge in [-0.1, -0.05) is 42.5 Å². The minimum absolute atomic E-state index is 0. The summed E-state index contributed by atoms with van der Waals surface area (Å²) in [6.07, 6.45) is 1.22. The number of anilines is 1. The van der Waals surface area contributed by atoms with Crippen LogP contribution in [-0.2, 0) is 33.5 Å². The van der Waals surface area contributed by atoms with Gasteiger partial charge in [0.15, 0.2) is 15.8 Å². The number of rotatable bonds is 7. The van der Waals surface area contributed by atoms with Crippen LogP contribution in [0.1, 0.15) is 16.7 Å². The lowest BCUT2D eigenvalue weighted by Crippen LogP contribution is -2.23. The van der Waals surface area contributed by atoms with Gasteiger partial charge in [-0.2, -0.15) is 0 Å². The number of ether oxygens (including phenoxy) is 1. The first kappa shape index (κ1) is 22.4. The van der Waals surface area contributed by atoms with Crippen LogP contribution in [0.15, 0.2) is 53.5 Å². The van der Waals surface area contributed by atoms with E-state index in [2.05, 4.69) is 10.3 Å². The van der Waals surface area contributed by atoms with Gasteiger partial charge >= 0.3 is 0 Å². The smallest absolute Gasteiger partial charge is 0.193 e. The van der Waals surface area contributed by atoms with E-state index >= 15 is 0 Å². The molecule has 0 spiro atoms.